The highest BCUT2D eigenvalue weighted by Gasteiger charge is 2.13. The molecule has 0 saturated heterocycles. The standard InChI is InChI=1S/C20H26N4/c1-6-10-21-16-8-7-9-17-19(16)24(5)20(22-17)23-18-14(3)11-13(2)12-15(18)4/h7-9,11-12,21H,6,10H2,1-5H3,(H,22,23). The van der Waals surface area contributed by atoms with Crippen LogP contribution in [0.4, 0.5) is 17.3 Å². The lowest BCUT2D eigenvalue weighted by Gasteiger charge is -2.14. The highest BCUT2D eigenvalue weighted by atomic mass is 15.2. The Labute approximate surface area is 143 Å². The van der Waals surface area contributed by atoms with Crippen LogP contribution in [-0.2, 0) is 7.05 Å². The molecule has 0 radical (unpaired) electrons. The van der Waals surface area contributed by atoms with E-state index in [9.17, 15) is 0 Å². The van der Waals surface area contributed by atoms with Crippen LogP contribution < -0.4 is 10.6 Å². The number of nitrogens with one attached hydrogen (secondary N) is 2. The van der Waals surface area contributed by atoms with Crippen LogP contribution in [0.5, 0.6) is 0 Å². The minimum absolute atomic E-state index is 0.866. The summed E-state index contributed by atoms with van der Waals surface area (Å²) in [5, 5.41) is 7.03. The first-order valence-corrected chi connectivity index (χ1v) is 8.55. The van der Waals surface area contributed by atoms with Crippen molar-refractivity contribution in [2.75, 3.05) is 17.2 Å². The minimum Gasteiger partial charge on any atom is -0.383 e. The second kappa shape index (κ2) is 6.56. The molecule has 0 saturated carbocycles. The Morgan fingerprint density at radius 1 is 1.08 bits per heavy atom. The van der Waals surface area contributed by atoms with E-state index in [-0.39, 0.29) is 0 Å². The van der Waals surface area contributed by atoms with Gasteiger partial charge in [0.1, 0.15) is 0 Å². The van der Waals surface area contributed by atoms with Crippen LogP contribution in [0.25, 0.3) is 11.0 Å². The third-order valence-corrected chi connectivity index (χ3v) is 4.37. The summed E-state index contributed by atoms with van der Waals surface area (Å²) in [6.45, 7) is 9.54. The third-order valence-electron chi connectivity index (χ3n) is 4.37. The van der Waals surface area contributed by atoms with E-state index in [0.717, 1.165) is 41.3 Å². The highest BCUT2D eigenvalue weighted by molar-refractivity contribution is 5.91. The van der Waals surface area contributed by atoms with Crippen molar-refractivity contribution in [3.63, 3.8) is 0 Å². The number of imidazole rings is 1. The van der Waals surface area contributed by atoms with E-state index in [2.05, 4.69) is 80.3 Å². The second-order valence-electron chi connectivity index (χ2n) is 6.49. The van der Waals surface area contributed by atoms with Gasteiger partial charge in [-0.05, 0) is 50.5 Å². The number of nitrogens with zero attached hydrogens (tertiary/aromatic N) is 2. The van der Waals surface area contributed by atoms with Gasteiger partial charge in [0.05, 0.1) is 16.7 Å². The fraction of sp³-hybridized carbons (Fsp3) is 0.350. The molecule has 0 aliphatic rings. The summed E-state index contributed by atoms with van der Waals surface area (Å²) in [5.74, 6) is 0.866. The number of hydrogen-bond donors (Lipinski definition) is 2. The SMILES string of the molecule is CCCNc1cccc2nc(Nc3c(C)cc(C)cc3C)n(C)c12. The zero-order chi connectivity index (χ0) is 17.3. The number of aromatic nitrogens is 2. The Morgan fingerprint density at radius 3 is 2.46 bits per heavy atom. The maximum atomic E-state index is 4.79. The number of benzene rings is 2. The minimum atomic E-state index is 0.866. The first kappa shape index (κ1) is 16.4. The smallest absolute Gasteiger partial charge is 0.208 e. The molecule has 0 unspecified atom stereocenters. The molecule has 0 atom stereocenters. The molecule has 0 bridgehead atoms. The van der Waals surface area contributed by atoms with Gasteiger partial charge in [0.2, 0.25) is 5.95 Å². The second-order valence-corrected chi connectivity index (χ2v) is 6.49. The van der Waals surface area contributed by atoms with Crippen LogP contribution in [0.1, 0.15) is 30.0 Å². The summed E-state index contributed by atoms with van der Waals surface area (Å²) in [6.07, 6.45) is 1.10. The summed E-state index contributed by atoms with van der Waals surface area (Å²) < 4.78 is 2.13. The van der Waals surface area contributed by atoms with Gasteiger partial charge in [0, 0.05) is 19.3 Å². The van der Waals surface area contributed by atoms with E-state index in [0.29, 0.717) is 0 Å². The van der Waals surface area contributed by atoms with Gasteiger partial charge in [0.25, 0.3) is 0 Å². The fourth-order valence-corrected chi connectivity index (χ4v) is 3.27. The van der Waals surface area contributed by atoms with Crippen molar-refractivity contribution < 1.29 is 0 Å². The molecule has 126 valence electrons. The molecule has 3 aromatic rings. The van der Waals surface area contributed by atoms with Crippen molar-refractivity contribution in [1.29, 1.82) is 0 Å². The molecule has 3 rings (SSSR count). The molecular formula is C20H26N4. The van der Waals surface area contributed by atoms with E-state index in [4.69, 9.17) is 4.98 Å². The number of rotatable bonds is 5. The summed E-state index contributed by atoms with van der Waals surface area (Å²) in [4.78, 5) is 4.79. The van der Waals surface area contributed by atoms with Crippen LogP contribution in [0.15, 0.2) is 30.3 Å². The Kier molecular flexibility index (Phi) is 4.47. The van der Waals surface area contributed by atoms with E-state index in [1.54, 1.807) is 0 Å². The topological polar surface area (TPSA) is 41.9 Å². The van der Waals surface area contributed by atoms with Gasteiger partial charge in [-0.3, -0.25) is 0 Å². The molecule has 1 heterocycles. The average Bonchev–Trinajstić information content (AvgIpc) is 2.85. The normalized spacial score (nSPS) is 11.0. The quantitative estimate of drug-likeness (QED) is 0.689. The van der Waals surface area contributed by atoms with Crippen molar-refractivity contribution in [3.8, 4) is 0 Å². The molecule has 0 amide bonds. The van der Waals surface area contributed by atoms with Crippen LogP contribution >= 0.6 is 0 Å². The molecule has 4 heteroatoms. The Bertz CT molecular complexity index is 854. The van der Waals surface area contributed by atoms with Gasteiger partial charge in [-0.25, -0.2) is 4.98 Å². The molecule has 2 N–H and O–H groups in total. The molecule has 0 aliphatic heterocycles. The number of para-hydroxylation sites is 1. The number of anilines is 3. The number of hydrogen-bond acceptors (Lipinski definition) is 3. The van der Waals surface area contributed by atoms with Gasteiger partial charge in [-0.15, -0.1) is 0 Å². The zero-order valence-electron chi connectivity index (χ0n) is 15.2. The molecule has 0 aliphatic carbocycles. The fourth-order valence-electron chi connectivity index (χ4n) is 3.27. The summed E-state index contributed by atoms with van der Waals surface area (Å²) in [6, 6.07) is 10.6. The van der Waals surface area contributed by atoms with Crippen LogP contribution in [-0.4, -0.2) is 16.1 Å². The molecule has 0 fully saturated rings. The van der Waals surface area contributed by atoms with Crippen molar-refractivity contribution >= 4 is 28.4 Å². The molecule has 24 heavy (non-hydrogen) atoms. The van der Waals surface area contributed by atoms with Gasteiger partial charge in [-0.2, -0.15) is 0 Å². The predicted octanol–water partition coefficient (Wildman–Crippen LogP) is 5.06. The monoisotopic (exact) mass is 322 g/mol. The van der Waals surface area contributed by atoms with E-state index in [1.165, 1.54) is 16.7 Å². The highest BCUT2D eigenvalue weighted by Crippen LogP contribution is 2.30. The van der Waals surface area contributed by atoms with Crippen molar-refractivity contribution in [2.24, 2.45) is 7.05 Å². The van der Waals surface area contributed by atoms with Gasteiger partial charge < -0.3 is 15.2 Å². The maximum absolute atomic E-state index is 4.79. The maximum Gasteiger partial charge on any atom is 0.208 e. The number of aryl methyl sites for hydroxylation is 4. The van der Waals surface area contributed by atoms with Crippen molar-refractivity contribution in [3.05, 3.63) is 47.0 Å². The van der Waals surface area contributed by atoms with Crippen molar-refractivity contribution in [2.45, 2.75) is 34.1 Å². The third kappa shape index (κ3) is 2.96. The lowest BCUT2D eigenvalue weighted by molar-refractivity contribution is 0.948. The first-order valence-electron chi connectivity index (χ1n) is 8.55. The van der Waals surface area contributed by atoms with Gasteiger partial charge in [0.15, 0.2) is 0 Å². The first-order chi connectivity index (χ1) is 11.5. The number of fused-ring (bicyclic) bond motifs is 1. The summed E-state index contributed by atoms with van der Waals surface area (Å²) >= 11 is 0. The summed E-state index contributed by atoms with van der Waals surface area (Å²) in [7, 11) is 2.06. The Hall–Kier alpha value is -2.49. The van der Waals surface area contributed by atoms with E-state index in [1.807, 2.05) is 0 Å². The van der Waals surface area contributed by atoms with Crippen LogP contribution in [0.3, 0.4) is 0 Å². The molecule has 0 spiro atoms. The lowest BCUT2D eigenvalue weighted by atomic mass is 10.1. The predicted molar refractivity (Wildman–Crippen MR) is 103 cm³/mol. The van der Waals surface area contributed by atoms with Crippen molar-refractivity contribution in [1.82, 2.24) is 9.55 Å². The Morgan fingerprint density at radius 2 is 1.79 bits per heavy atom. The van der Waals surface area contributed by atoms with Gasteiger partial charge in [-0.1, -0.05) is 30.7 Å². The molecule has 2 aromatic carbocycles. The zero-order valence-corrected chi connectivity index (χ0v) is 15.2. The largest absolute Gasteiger partial charge is 0.383 e. The van der Waals surface area contributed by atoms with E-state index < -0.39 is 0 Å². The average molecular weight is 322 g/mol. The lowest BCUT2D eigenvalue weighted by Crippen LogP contribution is -2.04. The van der Waals surface area contributed by atoms with E-state index >= 15 is 0 Å². The Balaban J connectivity index is 2.04. The molecule has 4 nitrogen and oxygen atoms in total. The molecular weight excluding hydrogens is 296 g/mol. The summed E-state index contributed by atoms with van der Waals surface area (Å²) in [5.41, 5.74) is 8.18. The molecule has 1 aromatic heterocycles. The van der Waals surface area contributed by atoms with Crippen LogP contribution in [0.2, 0.25) is 0 Å². The van der Waals surface area contributed by atoms with Crippen LogP contribution in [0, 0.1) is 20.8 Å². The van der Waals surface area contributed by atoms with Gasteiger partial charge >= 0.3 is 0 Å².